The number of hydrogen-bond donors (Lipinski definition) is 1. The molecular weight excluding hydrogens is 453 g/mol. The highest BCUT2D eigenvalue weighted by molar-refractivity contribution is 5.74. The van der Waals surface area contributed by atoms with E-state index in [1.54, 1.807) is 6.07 Å². The van der Waals surface area contributed by atoms with Crippen molar-refractivity contribution >= 4 is 17.8 Å². The molecule has 7 nitrogen and oxygen atoms in total. The van der Waals surface area contributed by atoms with Gasteiger partial charge in [0.15, 0.2) is 11.6 Å². The fourth-order valence-electron chi connectivity index (χ4n) is 3.55. The Morgan fingerprint density at radius 2 is 1.51 bits per heavy atom. The molecule has 1 N–H and O–H groups in total. The molecule has 190 valence electrons. The van der Waals surface area contributed by atoms with Gasteiger partial charge < -0.3 is 19.5 Å². The largest absolute Gasteiger partial charge is 0.491 e. The second kappa shape index (κ2) is 13.5. The van der Waals surface area contributed by atoms with Crippen molar-refractivity contribution in [2.75, 3.05) is 19.8 Å². The number of halogens is 1. The van der Waals surface area contributed by atoms with Crippen LogP contribution in [0.25, 0.3) is 11.1 Å². The molecule has 2 aromatic rings. The smallest absolute Gasteiger partial charge is 0.302 e. The van der Waals surface area contributed by atoms with Crippen LogP contribution in [0.2, 0.25) is 0 Å². The number of amides is 1. The predicted octanol–water partition coefficient (Wildman–Crippen LogP) is 4.61. The molecule has 0 aliphatic carbocycles. The van der Waals surface area contributed by atoms with Gasteiger partial charge in [0.2, 0.25) is 5.91 Å². The molecular formula is C27H34FNO6. The average molecular weight is 488 g/mol. The summed E-state index contributed by atoms with van der Waals surface area (Å²) in [5, 5.41) is 2.79. The van der Waals surface area contributed by atoms with E-state index in [9.17, 15) is 18.8 Å². The Kier molecular flexibility index (Phi) is 10.7. The molecule has 0 saturated heterocycles. The van der Waals surface area contributed by atoms with Crippen molar-refractivity contribution in [3.63, 3.8) is 0 Å². The third-order valence-electron chi connectivity index (χ3n) is 5.41. The summed E-state index contributed by atoms with van der Waals surface area (Å²) in [5.41, 5.74) is 1.47. The summed E-state index contributed by atoms with van der Waals surface area (Å²) < 4.78 is 30.2. The number of carbonyl (C=O) groups excluding carboxylic acids is 3. The van der Waals surface area contributed by atoms with Crippen LogP contribution in [0.15, 0.2) is 42.5 Å². The molecule has 0 saturated carbocycles. The Morgan fingerprint density at radius 1 is 0.914 bits per heavy atom. The highest BCUT2D eigenvalue weighted by Crippen LogP contribution is 2.27. The van der Waals surface area contributed by atoms with Crippen molar-refractivity contribution in [1.82, 2.24) is 5.32 Å². The van der Waals surface area contributed by atoms with Crippen molar-refractivity contribution in [2.45, 2.75) is 58.9 Å². The molecule has 0 aliphatic rings. The van der Waals surface area contributed by atoms with Crippen molar-refractivity contribution in [1.29, 1.82) is 0 Å². The third kappa shape index (κ3) is 9.39. The van der Waals surface area contributed by atoms with Crippen molar-refractivity contribution in [3.05, 3.63) is 53.8 Å². The van der Waals surface area contributed by atoms with Crippen LogP contribution in [0, 0.1) is 5.82 Å². The first-order valence-corrected chi connectivity index (χ1v) is 11.7. The van der Waals surface area contributed by atoms with E-state index in [-0.39, 0.29) is 24.9 Å². The molecule has 35 heavy (non-hydrogen) atoms. The van der Waals surface area contributed by atoms with Crippen LogP contribution < -0.4 is 10.1 Å². The molecule has 0 fully saturated rings. The van der Waals surface area contributed by atoms with E-state index in [1.165, 1.54) is 26.8 Å². The lowest BCUT2D eigenvalue weighted by molar-refractivity contribution is -0.150. The van der Waals surface area contributed by atoms with Crippen LogP contribution in [0.3, 0.4) is 0 Å². The first-order chi connectivity index (χ1) is 16.6. The first kappa shape index (κ1) is 27.8. The van der Waals surface area contributed by atoms with Crippen molar-refractivity contribution in [3.8, 4) is 16.9 Å². The van der Waals surface area contributed by atoms with Gasteiger partial charge in [0, 0.05) is 20.8 Å². The van der Waals surface area contributed by atoms with E-state index >= 15 is 0 Å². The lowest BCUT2D eigenvalue weighted by Crippen LogP contribution is -2.55. The van der Waals surface area contributed by atoms with Gasteiger partial charge in [-0.3, -0.25) is 14.4 Å². The van der Waals surface area contributed by atoms with Gasteiger partial charge in [-0.15, -0.1) is 0 Å². The zero-order valence-corrected chi connectivity index (χ0v) is 20.8. The number of unbranched alkanes of at least 4 members (excludes halogenated alkanes) is 1. The summed E-state index contributed by atoms with van der Waals surface area (Å²) >= 11 is 0. The van der Waals surface area contributed by atoms with Gasteiger partial charge in [0.05, 0.1) is 6.61 Å². The number of esters is 2. The van der Waals surface area contributed by atoms with Crippen LogP contribution in [0.5, 0.6) is 5.75 Å². The maximum Gasteiger partial charge on any atom is 0.302 e. The summed E-state index contributed by atoms with van der Waals surface area (Å²) in [6, 6.07) is 12.5. The van der Waals surface area contributed by atoms with E-state index in [2.05, 4.69) is 5.32 Å². The number of carbonyl (C=O) groups is 3. The molecule has 0 aliphatic heterocycles. The van der Waals surface area contributed by atoms with E-state index in [1.807, 2.05) is 37.3 Å². The minimum Gasteiger partial charge on any atom is -0.491 e. The number of ether oxygens (including phenoxy) is 3. The summed E-state index contributed by atoms with van der Waals surface area (Å²) in [4.78, 5) is 34.6. The SMILES string of the molecule is CCCCOc1ccc(-c2ccc(CCC(COC(C)=O)(COC(C)=O)NC(C)=O)cc2)cc1F. The molecule has 8 heteroatoms. The number of benzene rings is 2. The van der Waals surface area contributed by atoms with Crippen LogP contribution in [0.4, 0.5) is 4.39 Å². The van der Waals surface area contributed by atoms with Crippen LogP contribution in [-0.4, -0.2) is 43.2 Å². The normalized spacial score (nSPS) is 11.0. The summed E-state index contributed by atoms with van der Waals surface area (Å²) in [6.45, 7) is 6.18. The molecule has 2 rings (SSSR count). The quantitative estimate of drug-likeness (QED) is 0.328. The molecule has 0 radical (unpaired) electrons. The fourth-order valence-corrected chi connectivity index (χ4v) is 3.55. The number of nitrogens with one attached hydrogen (secondary N) is 1. The number of hydrogen-bond acceptors (Lipinski definition) is 6. The molecule has 0 atom stereocenters. The van der Waals surface area contributed by atoms with Gasteiger partial charge in [0.25, 0.3) is 0 Å². The molecule has 1 amide bonds. The maximum atomic E-state index is 14.4. The number of aryl methyl sites for hydroxylation is 1. The van der Waals surface area contributed by atoms with Gasteiger partial charge in [-0.05, 0) is 48.1 Å². The van der Waals surface area contributed by atoms with Crippen LogP contribution in [0.1, 0.15) is 52.5 Å². The van der Waals surface area contributed by atoms with Crippen LogP contribution in [-0.2, 0) is 30.3 Å². The van der Waals surface area contributed by atoms with E-state index < -0.39 is 23.3 Å². The van der Waals surface area contributed by atoms with E-state index in [0.717, 1.165) is 29.5 Å². The van der Waals surface area contributed by atoms with E-state index in [0.29, 0.717) is 19.4 Å². The molecule has 2 aromatic carbocycles. The lowest BCUT2D eigenvalue weighted by atomic mass is 9.91. The third-order valence-corrected chi connectivity index (χ3v) is 5.41. The molecule has 0 spiro atoms. The topological polar surface area (TPSA) is 90.9 Å². The minimum absolute atomic E-state index is 0.126. The minimum atomic E-state index is -1.06. The van der Waals surface area contributed by atoms with Gasteiger partial charge in [-0.1, -0.05) is 43.7 Å². The zero-order chi connectivity index (χ0) is 25.8. The maximum absolute atomic E-state index is 14.4. The summed E-state index contributed by atoms with van der Waals surface area (Å²) in [7, 11) is 0. The highest BCUT2D eigenvalue weighted by Gasteiger charge is 2.34. The molecule has 0 bridgehead atoms. The molecule has 0 unspecified atom stereocenters. The fraction of sp³-hybridized carbons (Fsp3) is 0.444. The highest BCUT2D eigenvalue weighted by atomic mass is 19.1. The Hall–Kier alpha value is -3.42. The molecule has 0 aromatic heterocycles. The van der Waals surface area contributed by atoms with Crippen molar-refractivity contribution in [2.24, 2.45) is 0 Å². The average Bonchev–Trinajstić information content (AvgIpc) is 2.81. The zero-order valence-electron chi connectivity index (χ0n) is 20.8. The van der Waals surface area contributed by atoms with Gasteiger partial charge in [-0.2, -0.15) is 0 Å². The Labute approximate surface area is 206 Å². The van der Waals surface area contributed by atoms with E-state index in [4.69, 9.17) is 14.2 Å². The Bertz CT molecular complexity index is 987. The predicted molar refractivity (Wildman–Crippen MR) is 130 cm³/mol. The lowest BCUT2D eigenvalue weighted by Gasteiger charge is -2.33. The summed E-state index contributed by atoms with van der Waals surface area (Å²) in [5.74, 6) is -1.49. The Balaban J connectivity index is 2.13. The standard InChI is InChI=1S/C27H34FNO6/c1-5-6-15-33-26-12-11-24(16-25(26)28)23-9-7-22(8-10-23)13-14-27(29-19(2)30,17-34-20(3)31)18-35-21(4)32/h7-12,16H,5-6,13-15,17-18H2,1-4H3,(H,29,30). The summed E-state index contributed by atoms with van der Waals surface area (Å²) in [6.07, 6.45) is 2.73. The van der Waals surface area contributed by atoms with Crippen molar-refractivity contribution < 1.29 is 33.0 Å². The first-order valence-electron chi connectivity index (χ1n) is 11.7. The van der Waals surface area contributed by atoms with Gasteiger partial charge in [0.1, 0.15) is 18.8 Å². The molecule has 0 heterocycles. The number of rotatable bonds is 13. The monoisotopic (exact) mass is 487 g/mol. The second-order valence-electron chi connectivity index (χ2n) is 8.57. The van der Waals surface area contributed by atoms with Gasteiger partial charge >= 0.3 is 11.9 Å². The Morgan fingerprint density at radius 3 is 2.03 bits per heavy atom. The van der Waals surface area contributed by atoms with Crippen LogP contribution >= 0.6 is 0 Å². The van der Waals surface area contributed by atoms with Gasteiger partial charge in [-0.25, -0.2) is 4.39 Å². The second-order valence-corrected chi connectivity index (χ2v) is 8.57.